The van der Waals surface area contributed by atoms with E-state index in [-0.39, 0.29) is 129 Å². The maximum atomic E-state index is 8.95. The van der Waals surface area contributed by atoms with E-state index in [0.29, 0.717) is 0 Å². The van der Waals surface area contributed by atoms with E-state index < -0.39 is 34.2 Å². The molecule has 30 heteroatoms. The zero-order chi connectivity index (χ0) is 25.3. The van der Waals surface area contributed by atoms with E-state index in [9.17, 15) is 0 Å². The second-order valence-electron chi connectivity index (χ2n) is 5.32. The van der Waals surface area contributed by atoms with Crippen molar-refractivity contribution in [2.75, 3.05) is 0 Å². The first-order valence-electron chi connectivity index (χ1n) is 8.90. The van der Waals surface area contributed by atoms with Crippen molar-refractivity contribution >= 4 is 34.2 Å². The van der Waals surface area contributed by atoms with Crippen LogP contribution in [0.3, 0.4) is 0 Å². The summed E-state index contributed by atoms with van der Waals surface area (Å²) in [5.41, 5.74) is 0. The Morgan fingerprint density at radius 1 is 0.549 bits per heavy atom. The van der Waals surface area contributed by atoms with Gasteiger partial charge in [-0.05, 0) is 9.13 Å². The van der Waals surface area contributed by atoms with Gasteiger partial charge in [0.05, 0.1) is 0 Å². The van der Waals surface area contributed by atoms with Crippen molar-refractivity contribution < 1.29 is 128 Å². The summed E-state index contributed by atoms with van der Waals surface area (Å²) in [6, 6.07) is 0. The molecule has 25 N–H and O–H groups in total. The lowest BCUT2D eigenvalue weighted by Gasteiger charge is -2.05. The highest BCUT2D eigenvalue weighted by atomic mass is 31.1. The second kappa shape index (κ2) is 178. The van der Waals surface area contributed by atoms with Crippen molar-refractivity contribution in [2.45, 2.75) is 144 Å². The van der Waals surface area contributed by atoms with Crippen LogP contribution in [0.1, 0.15) is 150 Å². The molecule has 0 aromatic carbocycles. The maximum absolute atomic E-state index is 8.95. The molecular weight excluding hydrogens is 788 g/mol. The van der Waals surface area contributed by atoms with Crippen LogP contribution in [-0.4, -0.2) is 48.8 Å². The summed E-state index contributed by atoms with van der Waals surface area (Å²) in [5, 5.41) is 42.8. The predicted molar refractivity (Wildman–Crippen MR) is 208 cm³/mol. The Labute approximate surface area is 318 Å². The monoisotopic (exact) mass is 883 g/mol. The Balaban J connectivity index is -0.00000000633. The standard InChI is InChI=1S/2C6H12.9CH4.2H3N.3HO4P.H3O4P.8H2O.4H2/c2*1-2-4-6-5-3-1;;;;;;;;;;;;2*1-4-5(2)3;1-3-4-5-2;1-3-5-4-2;;;;;;;;;;;;/h2*1-6H2;9*1H4;2*1H3;3*1H;1-2,5H;8*1H2;4*1H/p-2. The molecule has 2 fully saturated rings. The van der Waals surface area contributed by atoms with Crippen LogP contribution in [0, 0.1) is 0 Å². The van der Waals surface area contributed by atoms with Gasteiger partial charge in [0.1, 0.15) is 0 Å². The van der Waals surface area contributed by atoms with E-state index >= 15 is 0 Å². The van der Waals surface area contributed by atoms with Crippen LogP contribution in [0.15, 0.2) is 0 Å². The topological polar surface area (TPSA) is 586 Å². The Hall–Kier alpha value is -0.190. The minimum absolute atomic E-state index is 0. The summed E-state index contributed by atoms with van der Waals surface area (Å²) in [5.74, 6) is 0. The zero-order valence-electron chi connectivity index (χ0n) is 22.4. The molecule has 0 aromatic rings. The third kappa shape index (κ3) is 290. The highest BCUT2D eigenvalue weighted by molar-refractivity contribution is 7.30. The van der Waals surface area contributed by atoms with Crippen LogP contribution < -0.4 is 37.9 Å². The van der Waals surface area contributed by atoms with Gasteiger partial charge in [0, 0.05) is 10.4 Å². The average molecular weight is 883 g/mol. The first-order chi connectivity index (χ1) is 15.4. The van der Waals surface area contributed by atoms with Crippen LogP contribution >= 0.6 is 34.2 Å². The Morgan fingerprint density at radius 3 is 0.745 bits per heavy atom. The number of hydrogen-bond donors (Lipinski definition) is 4. The maximum Gasteiger partial charge on any atom is 0.521 e. The molecule has 0 saturated heterocycles. The molecule has 0 bridgehead atoms. The summed E-state index contributed by atoms with van der Waals surface area (Å²) in [4.78, 5) is 17.8. The van der Waals surface area contributed by atoms with Crippen LogP contribution in [-0.2, 0) is 47.6 Å². The Morgan fingerprint density at radius 2 is 0.725 bits per heavy atom. The smallest absolute Gasteiger partial charge is 0.521 e. The van der Waals surface area contributed by atoms with Gasteiger partial charge in [0.15, 0.2) is 9.03 Å². The summed E-state index contributed by atoms with van der Waals surface area (Å²) in [7, 11) is -7.75. The van der Waals surface area contributed by atoms with Gasteiger partial charge in [0.25, 0.3) is 0 Å². The molecule has 2 rings (SSSR count). The van der Waals surface area contributed by atoms with Gasteiger partial charge in [-0.15, -0.1) is 4.67 Å². The molecule has 51 heavy (non-hydrogen) atoms. The van der Waals surface area contributed by atoms with Crippen molar-refractivity contribution in [3.05, 3.63) is 0 Å². The third-order valence-corrected chi connectivity index (χ3v) is 3.78. The van der Waals surface area contributed by atoms with E-state index in [1.54, 1.807) is 0 Å². The second-order valence-corrected chi connectivity index (χ2v) is 7.34. The molecule has 0 heterocycles. The fourth-order valence-electron chi connectivity index (χ4n) is 2.15. The molecule has 2 aliphatic rings. The predicted octanol–water partition coefficient (Wildman–Crippen LogP) is 1.50. The van der Waals surface area contributed by atoms with Gasteiger partial charge in [-0.1, -0.05) is 144 Å². The lowest BCUT2D eigenvalue weighted by Crippen LogP contribution is -2.01. The van der Waals surface area contributed by atoms with E-state index in [1.807, 2.05) is 0 Å². The van der Waals surface area contributed by atoms with Crippen LogP contribution in [0.2, 0.25) is 0 Å². The van der Waals surface area contributed by atoms with Gasteiger partial charge in [-0.25, -0.2) is 19.8 Å². The minimum Gasteiger partial charge on any atom is -0.718 e. The fraction of sp³-hybridized carbons (Fsp3) is 1.00. The molecule has 0 aliphatic heterocycles. The first kappa shape index (κ1) is 163. The molecule has 354 valence electrons. The van der Waals surface area contributed by atoms with E-state index in [4.69, 9.17) is 49.8 Å². The van der Waals surface area contributed by atoms with Crippen molar-refractivity contribution in [3.8, 4) is 0 Å². The molecule has 2 saturated carbocycles. The summed E-state index contributed by atoms with van der Waals surface area (Å²) in [6.45, 7) is 0. The summed E-state index contributed by atoms with van der Waals surface area (Å²) < 4.78 is 41.3. The molecule has 26 nitrogen and oxygen atoms in total. The van der Waals surface area contributed by atoms with Crippen molar-refractivity contribution in [2.24, 2.45) is 0 Å². The summed E-state index contributed by atoms with van der Waals surface area (Å²) in [6.07, 6.45) is 18.0. The molecule has 0 spiro atoms. The van der Waals surface area contributed by atoms with Crippen molar-refractivity contribution in [1.29, 1.82) is 0 Å². The van der Waals surface area contributed by atoms with Crippen molar-refractivity contribution in [1.82, 2.24) is 12.3 Å². The molecule has 3 atom stereocenters. The van der Waals surface area contributed by atoms with Gasteiger partial charge in [-0.3, -0.25) is 5.04 Å². The first-order valence-corrected chi connectivity index (χ1v) is 12.6. The molecule has 2 aliphatic carbocycles. The molecule has 3 unspecified atom stereocenters. The summed E-state index contributed by atoms with van der Waals surface area (Å²) >= 11 is 0. The largest absolute Gasteiger partial charge is 0.718 e. The number of hydrogen-bond acceptors (Lipinski definition) is 18. The lowest BCUT2D eigenvalue weighted by atomic mass is 10.0. The van der Waals surface area contributed by atoms with E-state index in [1.165, 1.54) is 77.0 Å². The highest BCUT2D eigenvalue weighted by Crippen LogP contribution is 2.15. The van der Waals surface area contributed by atoms with Gasteiger partial charge < -0.3 is 86.3 Å². The Bertz CT molecular complexity index is 375. The van der Waals surface area contributed by atoms with Crippen molar-refractivity contribution in [3.63, 3.8) is 0 Å². The van der Waals surface area contributed by atoms with Gasteiger partial charge in [0.2, 0.25) is 0 Å². The van der Waals surface area contributed by atoms with Gasteiger partial charge >= 0.3 is 25.2 Å². The minimum atomic E-state index is -3.15. The SMILES string of the molecule is C.C.C.C.C.C.C.C.C.C1CCCCC1.C1CCCCC1.N.N.O.O.O.O.O.O.O.O=POO[O-].O=[P+]([O-])OO.O=[P+]([O-])O[O-].[HH].[HH].[HH].[HH].[O-]OPOO.[OH3+]. The fourth-order valence-corrected chi connectivity index (χ4v) is 2.20. The normalized spacial score (nSPS) is 9.78. The zero-order valence-corrected chi connectivity index (χ0v) is 26.1. The highest BCUT2D eigenvalue weighted by Gasteiger charge is 1.96. The van der Waals surface area contributed by atoms with Crippen LogP contribution in [0.5, 0.6) is 0 Å². The third-order valence-electron chi connectivity index (χ3n) is 3.26. The van der Waals surface area contributed by atoms with Gasteiger partial charge in [-0.2, -0.15) is 4.67 Å². The molecular formula is C21H94N2O24P4-2. The average Bonchev–Trinajstić information content (AvgIpc) is 2.84. The molecule has 0 aromatic heterocycles. The molecule has 0 amide bonds. The quantitative estimate of drug-likeness (QED) is 0.127. The van der Waals surface area contributed by atoms with E-state index in [0.717, 1.165) is 0 Å². The van der Waals surface area contributed by atoms with Crippen LogP contribution in [0.25, 0.3) is 0 Å². The van der Waals surface area contributed by atoms with Crippen LogP contribution in [0.4, 0.5) is 0 Å². The van der Waals surface area contributed by atoms with E-state index in [2.05, 4.69) is 28.4 Å². The Kier molecular flexibility index (Phi) is 569. The number of rotatable bonds is 6. The molecule has 0 radical (unpaired) electrons. The lowest BCUT2D eigenvalue weighted by molar-refractivity contribution is -0.778.